The van der Waals surface area contributed by atoms with E-state index in [0.29, 0.717) is 6.42 Å². The number of allylic oxidation sites excluding steroid dienone is 2. The molecule has 0 amide bonds. The third kappa shape index (κ3) is 4.93. The number of ether oxygens (including phenoxy) is 1. The second-order valence-corrected chi connectivity index (χ2v) is 18.6. The Labute approximate surface area is 293 Å². The van der Waals surface area contributed by atoms with Gasteiger partial charge in [-0.3, -0.25) is 9.59 Å². The second-order valence-electron chi connectivity index (χ2n) is 18.6. The van der Waals surface area contributed by atoms with Crippen molar-refractivity contribution in [1.82, 2.24) is 0 Å². The highest BCUT2D eigenvalue weighted by atomic mass is 19.1. The maximum absolute atomic E-state index is 15.2. The van der Waals surface area contributed by atoms with E-state index in [9.17, 15) is 9.59 Å². The summed E-state index contributed by atoms with van der Waals surface area (Å²) in [5.41, 5.74) is 2.71. The predicted octanol–water partition coefficient (Wildman–Crippen LogP) is 10.7. The zero-order valence-electron chi connectivity index (χ0n) is 30.6. The number of halogens is 1. The third-order valence-electron chi connectivity index (χ3n) is 15.4. The lowest BCUT2D eigenvalue weighted by Gasteiger charge is -2.71. The maximum Gasteiger partial charge on any atom is 0.313 e. The molecule has 4 nitrogen and oxygen atoms in total. The number of rotatable bonds is 4. The van der Waals surface area contributed by atoms with E-state index in [1.807, 2.05) is 36.4 Å². The molecule has 260 valence electrons. The Morgan fingerprint density at radius 2 is 1.61 bits per heavy atom. The summed E-state index contributed by atoms with van der Waals surface area (Å²) < 4.78 is 21.5. The lowest BCUT2D eigenvalue weighted by molar-refractivity contribution is -0.191. The Hall–Kier alpha value is -3.26. The van der Waals surface area contributed by atoms with Crippen molar-refractivity contribution in [3.8, 4) is 0 Å². The predicted molar refractivity (Wildman–Crippen MR) is 191 cm³/mol. The Balaban J connectivity index is 1.42. The smallest absolute Gasteiger partial charge is 0.313 e. The number of benzene rings is 2. The molecule has 2 unspecified atom stereocenters. The van der Waals surface area contributed by atoms with E-state index >= 15 is 4.39 Å². The first kappa shape index (κ1) is 34.2. The minimum Gasteiger partial charge on any atom is -0.460 e. The summed E-state index contributed by atoms with van der Waals surface area (Å²) in [6.07, 6.45) is 7.56. The normalized spacial score (nSPS) is 39.0. The van der Waals surface area contributed by atoms with Crippen LogP contribution in [0.1, 0.15) is 117 Å². The lowest BCUT2D eigenvalue weighted by atomic mass is 9.32. The Morgan fingerprint density at radius 1 is 0.898 bits per heavy atom. The highest BCUT2D eigenvalue weighted by Crippen LogP contribution is 2.77. The number of hydrogen-bond acceptors (Lipinski definition) is 3. The quantitative estimate of drug-likeness (QED) is 0.242. The SMILES string of the molecule is [C-]#[N+]C1C[C@]2(C)C3CC(c4cccc(F)c4)=C4[C@@H]5CC(C)(C)CC[C@]5(C(=O)OCc5ccccc5)CC[C@@]4(C)[C@]3(C)CC[C@H]2C(C)(C)C1=O. The van der Waals surface area contributed by atoms with Crippen LogP contribution in [-0.4, -0.2) is 17.8 Å². The number of carbonyl (C=O) groups excluding carboxylic acids is 2. The first-order valence-electron chi connectivity index (χ1n) is 18.6. The summed E-state index contributed by atoms with van der Waals surface area (Å²) in [6, 6.07) is 16.4. The zero-order valence-corrected chi connectivity index (χ0v) is 30.6. The van der Waals surface area contributed by atoms with Crippen molar-refractivity contribution in [3.05, 3.63) is 88.5 Å². The summed E-state index contributed by atoms with van der Waals surface area (Å²) in [6.45, 7) is 24.5. The molecular weight excluding hydrogens is 609 g/mol. The van der Waals surface area contributed by atoms with Crippen LogP contribution in [0.3, 0.4) is 0 Å². The summed E-state index contributed by atoms with van der Waals surface area (Å²) in [5.74, 6) is 0.126. The van der Waals surface area contributed by atoms with Gasteiger partial charge in [0.05, 0.1) is 5.41 Å². The molecular formula is C44H54FNO3. The molecule has 5 aliphatic carbocycles. The van der Waals surface area contributed by atoms with Gasteiger partial charge in [-0.05, 0) is 120 Å². The molecule has 0 heterocycles. The lowest BCUT2D eigenvalue weighted by Crippen LogP contribution is -2.66. The van der Waals surface area contributed by atoms with Gasteiger partial charge in [-0.25, -0.2) is 11.0 Å². The largest absolute Gasteiger partial charge is 0.460 e. The summed E-state index contributed by atoms with van der Waals surface area (Å²) in [4.78, 5) is 32.2. The molecule has 49 heavy (non-hydrogen) atoms. The number of Topliss-reactive ketones (excluding diaryl/α,β-unsaturated/α-hetero) is 1. The first-order chi connectivity index (χ1) is 23.0. The van der Waals surface area contributed by atoms with E-state index in [4.69, 9.17) is 11.3 Å². The van der Waals surface area contributed by atoms with E-state index < -0.39 is 16.9 Å². The molecule has 0 bridgehead atoms. The molecule has 5 aliphatic rings. The fourth-order valence-corrected chi connectivity index (χ4v) is 12.6. The average Bonchev–Trinajstić information content (AvgIpc) is 3.05. The van der Waals surface area contributed by atoms with Gasteiger partial charge in [-0.1, -0.05) is 96.5 Å². The molecule has 7 rings (SSSR count). The summed E-state index contributed by atoms with van der Waals surface area (Å²) in [7, 11) is 0. The number of carbonyl (C=O) groups is 2. The van der Waals surface area contributed by atoms with Gasteiger partial charge < -0.3 is 9.58 Å². The van der Waals surface area contributed by atoms with Crippen LogP contribution < -0.4 is 0 Å². The van der Waals surface area contributed by atoms with Gasteiger partial charge in [0.1, 0.15) is 12.4 Å². The number of esters is 1. The molecule has 0 aliphatic heterocycles. The molecule has 0 saturated heterocycles. The molecule has 8 atom stereocenters. The second kappa shape index (κ2) is 11.4. The third-order valence-corrected chi connectivity index (χ3v) is 15.4. The Morgan fingerprint density at radius 3 is 2.31 bits per heavy atom. The van der Waals surface area contributed by atoms with Crippen molar-refractivity contribution in [2.24, 2.45) is 50.2 Å². The van der Waals surface area contributed by atoms with Gasteiger partial charge in [0.25, 0.3) is 6.04 Å². The van der Waals surface area contributed by atoms with Crippen molar-refractivity contribution in [1.29, 1.82) is 0 Å². The average molecular weight is 664 g/mol. The highest BCUT2D eigenvalue weighted by Gasteiger charge is 2.72. The maximum atomic E-state index is 15.2. The molecule has 4 fully saturated rings. The summed E-state index contributed by atoms with van der Waals surface area (Å²) in [5, 5.41) is 0. The van der Waals surface area contributed by atoms with Gasteiger partial charge in [-0.2, -0.15) is 0 Å². The Kier molecular flexibility index (Phi) is 7.94. The topological polar surface area (TPSA) is 47.7 Å². The molecule has 2 aromatic carbocycles. The number of nitrogens with zero attached hydrogens (tertiary/aromatic N) is 1. The summed E-state index contributed by atoms with van der Waals surface area (Å²) >= 11 is 0. The fraction of sp³-hybridized carbons (Fsp3) is 0.614. The van der Waals surface area contributed by atoms with Crippen LogP contribution in [0.2, 0.25) is 0 Å². The zero-order chi connectivity index (χ0) is 35.2. The fourth-order valence-electron chi connectivity index (χ4n) is 12.6. The van der Waals surface area contributed by atoms with Gasteiger partial charge in [0.2, 0.25) is 5.78 Å². The minimum absolute atomic E-state index is 0.0137. The van der Waals surface area contributed by atoms with Gasteiger partial charge in [0.15, 0.2) is 0 Å². The van der Waals surface area contributed by atoms with Crippen LogP contribution in [0, 0.1) is 62.6 Å². The number of fused-ring (bicyclic) bond motifs is 7. The number of ketones is 1. The van der Waals surface area contributed by atoms with Crippen molar-refractivity contribution in [2.75, 3.05) is 0 Å². The minimum atomic E-state index is -0.632. The van der Waals surface area contributed by atoms with Crippen LogP contribution in [-0.2, 0) is 20.9 Å². The van der Waals surface area contributed by atoms with Crippen LogP contribution in [0.15, 0.2) is 60.2 Å². The number of hydrogen-bond donors (Lipinski definition) is 0. The van der Waals surface area contributed by atoms with Crippen molar-refractivity contribution >= 4 is 17.3 Å². The van der Waals surface area contributed by atoms with E-state index in [1.165, 1.54) is 17.2 Å². The van der Waals surface area contributed by atoms with Gasteiger partial charge in [-0.15, -0.1) is 0 Å². The molecule has 4 saturated carbocycles. The van der Waals surface area contributed by atoms with Crippen molar-refractivity contribution < 1.29 is 18.7 Å². The molecule has 5 heteroatoms. The van der Waals surface area contributed by atoms with Crippen LogP contribution in [0.5, 0.6) is 0 Å². The standard InChI is InChI=1S/C44H54FNO3/c1-39(2)19-21-44(38(48)49-27-28-13-10-9-11-14-28)22-20-43(7)36(32(44)25-39)31(29-15-12-16-30(45)23-29)24-35-41(5)26-33(46-8)37(47)40(3,4)34(41)17-18-42(35,43)6/h9-16,23,32-35H,17-22,24-27H2,1-7H3/t32-,33?,34-,35?,41-,42+,43+,44-/m0/s1. The van der Waals surface area contributed by atoms with E-state index in [1.54, 1.807) is 6.07 Å². The first-order valence-corrected chi connectivity index (χ1v) is 18.6. The highest BCUT2D eigenvalue weighted by molar-refractivity contribution is 5.92. The molecule has 0 spiro atoms. The van der Waals surface area contributed by atoms with E-state index in [-0.39, 0.29) is 63.6 Å². The molecule has 2 aromatic rings. The Bertz CT molecular complexity index is 1750. The van der Waals surface area contributed by atoms with E-state index in [0.717, 1.165) is 62.5 Å². The van der Waals surface area contributed by atoms with Crippen LogP contribution in [0.25, 0.3) is 10.4 Å². The molecule has 0 aromatic heterocycles. The molecule has 0 N–H and O–H groups in total. The van der Waals surface area contributed by atoms with Crippen LogP contribution in [0.4, 0.5) is 4.39 Å². The molecule has 0 radical (unpaired) electrons. The van der Waals surface area contributed by atoms with Crippen molar-refractivity contribution in [2.45, 2.75) is 119 Å². The van der Waals surface area contributed by atoms with Gasteiger partial charge in [0, 0.05) is 11.8 Å². The van der Waals surface area contributed by atoms with Gasteiger partial charge >= 0.3 is 5.97 Å². The van der Waals surface area contributed by atoms with Crippen molar-refractivity contribution in [3.63, 3.8) is 0 Å². The monoisotopic (exact) mass is 663 g/mol. The van der Waals surface area contributed by atoms with Crippen LogP contribution >= 0.6 is 0 Å². The van der Waals surface area contributed by atoms with E-state index in [2.05, 4.69) is 59.4 Å².